The molecule has 0 spiro atoms. The summed E-state index contributed by atoms with van der Waals surface area (Å²) < 4.78 is 11.2. The highest BCUT2D eigenvalue weighted by molar-refractivity contribution is 5.43. The number of hydrogen-bond acceptors (Lipinski definition) is 4. The van der Waals surface area contributed by atoms with Crippen molar-refractivity contribution in [1.29, 1.82) is 0 Å². The van der Waals surface area contributed by atoms with Crippen LogP contribution in [0.3, 0.4) is 0 Å². The van der Waals surface area contributed by atoms with Crippen molar-refractivity contribution in [3.05, 3.63) is 23.8 Å². The summed E-state index contributed by atoms with van der Waals surface area (Å²) in [6, 6.07) is 6.69. The second-order valence-electron chi connectivity index (χ2n) is 5.86. The molecule has 0 radical (unpaired) electrons. The second-order valence-corrected chi connectivity index (χ2v) is 5.86. The van der Waals surface area contributed by atoms with E-state index in [0.717, 1.165) is 12.3 Å². The molecule has 0 bridgehead atoms. The van der Waals surface area contributed by atoms with E-state index in [-0.39, 0.29) is 6.61 Å². The van der Waals surface area contributed by atoms with E-state index in [4.69, 9.17) is 14.6 Å². The van der Waals surface area contributed by atoms with Gasteiger partial charge in [0.05, 0.1) is 13.2 Å². The van der Waals surface area contributed by atoms with Gasteiger partial charge in [-0.2, -0.15) is 0 Å². The largest absolute Gasteiger partial charge is 0.490 e. The van der Waals surface area contributed by atoms with Gasteiger partial charge in [0, 0.05) is 12.6 Å². The van der Waals surface area contributed by atoms with Crippen molar-refractivity contribution in [3.8, 4) is 11.5 Å². The SMILES string of the molecule is CCOc1cc(CNC2CCCCCC2)ccc1OCCO. The van der Waals surface area contributed by atoms with E-state index >= 15 is 0 Å². The predicted molar refractivity (Wildman–Crippen MR) is 88.5 cm³/mol. The average molecular weight is 307 g/mol. The summed E-state index contributed by atoms with van der Waals surface area (Å²) in [4.78, 5) is 0. The Morgan fingerprint density at radius 3 is 2.55 bits per heavy atom. The number of aliphatic hydroxyl groups is 1. The van der Waals surface area contributed by atoms with Crippen LogP contribution in [0.2, 0.25) is 0 Å². The lowest BCUT2D eigenvalue weighted by atomic mass is 10.1. The summed E-state index contributed by atoms with van der Waals surface area (Å²) in [7, 11) is 0. The summed E-state index contributed by atoms with van der Waals surface area (Å²) >= 11 is 0. The first-order valence-corrected chi connectivity index (χ1v) is 8.56. The first-order chi connectivity index (χ1) is 10.8. The van der Waals surface area contributed by atoms with E-state index in [2.05, 4.69) is 11.4 Å². The molecule has 0 heterocycles. The molecule has 2 N–H and O–H groups in total. The minimum atomic E-state index is 0.0105. The third-order valence-corrected chi connectivity index (χ3v) is 4.11. The van der Waals surface area contributed by atoms with E-state index in [1.807, 2.05) is 19.1 Å². The summed E-state index contributed by atoms with van der Waals surface area (Å²) in [5.74, 6) is 1.46. The molecule has 1 aliphatic carbocycles. The Bertz CT molecular complexity index is 428. The van der Waals surface area contributed by atoms with E-state index < -0.39 is 0 Å². The van der Waals surface area contributed by atoms with Crippen LogP contribution >= 0.6 is 0 Å². The molecule has 1 saturated carbocycles. The van der Waals surface area contributed by atoms with Crippen LogP contribution in [0.4, 0.5) is 0 Å². The minimum absolute atomic E-state index is 0.0105. The van der Waals surface area contributed by atoms with Gasteiger partial charge in [-0.25, -0.2) is 0 Å². The maximum atomic E-state index is 8.88. The smallest absolute Gasteiger partial charge is 0.161 e. The molecule has 2 rings (SSSR count). The molecule has 0 aliphatic heterocycles. The normalized spacial score (nSPS) is 16.3. The quantitative estimate of drug-likeness (QED) is 0.724. The lowest BCUT2D eigenvalue weighted by Gasteiger charge is -2.17. The molecule has 0 saturated heterocycles. The van der Waals surface area contributed by atoms with Crippen LogP contribution < -0.4 is 14.8 Å². The molecule has 0 aromatic heterocycles. The fraction of sp³-hybridized carbons (Fsp3) is 0.667. The highest BCUT2D eigenvalue weighted by atomic mass is 16.5. The Balaban J connectivity index is 1.93. The first-order valence-electron chi connectivity index (χ1n) is 8.56. The van der Waals surface area contributed by atoms with Crippen LogP contribution in [0.25, 0.3) is 0 Å². The van der Waals surface area contributed by atoms with E-state index in [1.54, 1.807) is 0 Å². The van der Waals surface area contributed by atoms with Gasteiger partial charge in [-0.3, -0.25) is 0 Å². The van der Waals surface area contributed by atoms with E-state index in [0.29, 0.717) is 25.0 Å². The monoisotopic (exact) mass is 307 g/mol. The van der Waals surface area contributed by atoms with Gasteiger partial charge < -0.3 is 19.9 Å². The molecule has 0 unspecified atom stereocenters. The Labute approximate surface area is 133 Å². The molecule has 22 heavy (non-hydrogen) atoms. The Morgan fingerprint density at radius 1 is 1.09 bits per heavy atom. The van der Waals surface area contributed by atoms with E-state index in [1.165, 1.54) is 44.1 Å². The van der Waals surface area contributed by atoms with Crippen molar-refractivity contribution in [2.45, 2.75) is 58.0 Å². The standard InChI is InChI=1S/C18H29NO3/c1-2-21-18-13-15(9-10-17(18)22-12-11-20)14-19-16-7-5-3-4-6-8-16/h9-10,13,16,19-20H,2-8,11-12,14H2,1H3. The summed E-state index contributed by atoms with van der Waals surface area (Å²) in [5, 5.41) is 12.6. The predicted octanol–water partition coefficient (Wildman–Crippen LogP) is 3.27. The molecule has 4 heteroatoms. The summed E-state index contributed by atoms with van der Waals surface area (Å²) in [6.07, 6.45) is 8.02. The topological polar surface area (TPSA) is 50.7 Å². The number of aliphatic hydroxyl groups excluding tert-OH is 1. The number of nitrogens with one attached hydrogen (secondary N) is 1. The zero-order chi connectivity index (χ0) is 15.6. The lowest BCUT2D eigenvalue weighted by molar-refractivity contribution is 0.194. The summed E-state index contributed by atoms with van der Waals surface area (Å²) in [5.41, 5.74) is 1.21. The number of rotatable bonds is 8. The molecule has 0 atom stereocenters. The van der Waals surface area contributed by atoms with Crippen LogP contribution in [-0.4, -0.2) is 31.0 Å². The number of hydrogen-bond donors (Lipinski definition) is 2. The average Bonchev–Trinajstić information content (AvgIpc) is 2.81. The van der Waals surface area contributed by atoms with Crippen molar-refractivity contribution in [2.75, 3.05) is 19.8 Å². The Morgan fingerprint density at radius 2 is 1.86 bits per heavy atom. The van der Waals surface area contributed by atoms with Crippen LogP contribution in [0.1, 0.15) is 51.0 Å². The van der Waals surface area contributed by atoms with Crippen LogP contribution in [0.5, 0.6) is 11.5 Å². The van der Waals surface area contributed by atoms with Crippen molar-refractivity contribution in [1.82, 2.24) is 5.32 Å². The molecular weight excluding hydrogens is 278 g/mol. The molecule has 1 aromatic carbocycles. The van der Waals surface area contributed by atoms with Gasteiger partial charge in [-0.05, 0) is 37.5 Å². The lowest BCUT2D eigenvalue weighted by Crippen LogP contribution is -2.27. The molecule has 124 valence electrons. The maximum Gasteiger partial charge on any atom is 0.161 e. The zero-order valence-corrected chi connectivity index (χ0v) is 13.6. The minimum Gasteiger partial charge on any atom is -0.490 e. The highest BCUT2D eigenvalue weighted by Crippen LogP contribution is 2.28. The Kier molecular flexibility index (Phi) is 7.54. The van der Waals surface area contributed by atoms with E-state index in [9.17, 15) is 0 Å². The third kappa shape index (κ3) is 5.50. The molecule has 0 amide bonds. The fourth-order valence-electron chi connectivity index (χ4n) is 2.95. The summed E-state index contributed by atoms with van der Waals surface area (Å²) in [6.45, 7) is 3.74. The van der Waals surface area contributed by atoms with Gasteiger partial charge in [-0.1, -0.05) is 31.7 Å². The second kappa shape index (κ2) is 9.70. The van der Waals surface area contributed by atoms with Gasteiger partial charge in [0.1, 0.15) is 6.61 Å². The number of benzene rings is 1. The molecule has 1 aliphatic rings. The van der Waals surface area contributed by atoms with Gasteiger partial charge >= 0.3 is 0 Å². The zero-order valence-electron chi connectivity index (χ0n) is 13.6. The van der Waals surface area contributed by atoms with Crippen molar-refractivity contribution >= 4 is 0 Å². The molecule has 1 fully saturated rings. The number of ether oxygens (including phenoxy) is 2. The molecule has 1 aromatic rings. The fourth-order valence-corrected chi connectivity index (χ4v) is 2.95. The van der Waals surface area contributed by atoms with Crippen molar-refractivity contribution in [3.63, 3.8) is 0 Å². The van der Waals surface area contributed by atoms with Crippen molar-refractivity contribution in [2.24, 2.45) is 0 Å². The highest BCUT2D eigenvalue weighted by Gasteiger charge is 2.12. The third-order valence-electron chi connectivity index (χ3n) is 4.11. The molecular formula is C18H29NO3. The molecule has 4 nitrogen and oxygen atoms in total. The van der Waals surface area contributed by atoms with Gasteiger partial charge in [0.2, 0.25) is 0 Å². The van der Waals surface area contributed by atoms with Crippen LogP contribution in [-0.2, 0) is 6.54 Å². The van der Waals surface area contributed by atoms with Crippen molar-refractivity contribution < 1.29 is 14.6 Å². The van der Waals surface area contributed by atoms with Crippen LogP contribution in [0, 0.1) is 0 Å². The Hall–Kier alpha value is -1.26. The first kappa shape index (κ1) is 17.1. The van der Waals surface area contributed by atoms with Gasteiger partial charge in [0.15, 0.2) is 11.5 Å². The van der Waals surface area contributed by atoms with Crippen LogP contribution in [0.15, 0.2) is 18.2 Å². The van der Waals surface area contributed by atoms with Gasteiger partial charge in [-0.15, -0.1) is 0 Å². The maximum absolute atomic E-state index is 8.88. The van der Waals surface area contributed by atoms with Gasteiger partial charge in [0.25, 0.3) is 0 Å².